The minimum atomic E-state index is 0.478. The standard InChI is InChI=1S/C13H10N4S2/c18-13-16-15-12(10-5-2-1-3-6-10)17(13)14-9-11-7-4-8-19-11/h1-9H,(H,16,18)/b14-9+. The highest BCUT2D eigenvalue weighted by Gasteiger charge is 2.06. The molecule has 0 aliphatic rings. The number of nitrogens with zero attached hydrogens (tertiary/aromatic N) is 3. The highest BCUT2D eigenvalue weighted by atomic mass is 32.1. The van der Waals surface area contributed by atoms with E-state index in [9.17, 15) is 0 Å². The third kappa shape index (κ3) is 2.54. The number of H-pyrrole nitrogens is 1. The summed E-state index contributed by atoms with van der Waals surface area (Å²) in [5, 5.41) is 13.4. The molecule has 0 spiro atoms. The van der Waals surface area contributed by atoms with Crippen molar-refractivity contribution in [2.75, 3.05) is 0 Å². The highest BCUT2D eigenvalue weighted by Crippen LogP contribution is 2.16. The van der Waals surface area contributed by atoms with Gasteiger partial charge in [0.1, 0.15) is 0 Å². The molecule has 0 bridgehead atoms. The van der Waals surface area contributed by atoms with E-state index < -0.39 is 0 Å². The first-order chi connectivity index (χ1) is 9.34. The molecule has 0 saturated heterocycles. The number of hydrogen-bond donors (Lipinski definition) is 1. The Morgan fingerprint density at radius 2 is 2.05 bits per heavy atom. The molecule has 1 N–H and O–H groups in total. The van der Waals surface area contributed by atoms with Crippen molar-refractivity contribution in [2.24, 2.45) is 5.10 Å². The molecule has 4 nitrogen and oxygen atoms in total. The van der Waals surface area contributed by atoms with Gasteiger partial charge in [0, 0.05) is 10.4 Å². The van der Waals surface area contributed by atoms with E-state index in [0.717, 1.165) is 10.4 Å². The normalized spacial score (nSPS) is 11.2. The van der Waals surface area contributed by atoms with Crippen molar-refractivity contribution < 1.29 is 0 Å². The molecular weight excluding hydrogens is 276 g/mol. The number of benzene rings is 1. The molecule has 0 amide bonds. The molecule has 0 radical (unpaired) electrons. The van der Waals surface area contributed by atoms with Crippen LogP contribution in [0.15, 0.2) is 52.9 Å². The fraction of sp³-hybridized carbons (Fsp3) is 0. The Bertz CT molecular complexity index is 739. The third-order valence-electron chi connectivity index (χ3n) is 2.53. The Morgan fingerprint density at radius 3 is 2.79 bits per heavy atom. The lowest BCUT2D eigenvalue weighted by Crippen LogP contribution is -1.94. The van der Waals surface area contributed by atoms with Crippen LogP contribution in [0.3, 0.4) is 0 Å². The lowest BCUT2D eigenvalue weighted by molar-refractivity contribution is 0.872. The Kier molecular flexibility index (Phi) is 3.35. The predicted octanol–water partition coefficient (Wildman–Crippen LogP) is 3.55. The van der Waals surface area contributed by atoms with Gasteiger partial charge in [-0.25, -0.2) is 5.10 Å². The van der Waals surface area contributed by atoms with Gasteiger partial charge in [0.2, 0.25) is 4.77 Å². The second-order valence-electron chi connectivity index (χ2n) is 3.79. The van der Waals surface area contributed by atoms with E-state index in [-0.39, 0.29) is 0 Å². The van der Waals surface area contributed by atoms with Gasteiger partial charge in [-0.3, -0.25) is 0 Å². The summed E-state index contributed by atoms with van der Waals surface area (Å²) < 4.78 is 2.11. The second kappa shape index (κ2) is 5.29. The molecule has 0 aliphatic carbocycles. The minimum Gasteiger partial charge on any atom is -0.250 e. The topological polar surface area (TPSA) is 46.0 Å². The first kappa shape index (κ1) is 12.0. The molecule has 1 aromatic carbocycles. The number of thiophene rings is 1. The van der Waals surface area contributed by atoms with Gasteiger partial charge in [-0.15, -0.1) is 11.3 Å². The Morgan fingerprint density at radius 1 is 1.21 bits per heavy atom. The number of aromatic nitrogens is 3. The zero-order chi connectivity index (χ0) is 13.1. The molecular formula is C13H10N4S2. The Balaban J connectivity index is 2.02. The summed E-state index contributed by atoms with van der Waals surface area (Å²) in [5.74, 6) is 0.707. The van der Waals surface area contributed by atoms with E-state index in [1.54, 1.807) is 22.2 Å². The maximum Gasteiger partial charge on any atom is 0.216 e. The van der Waals surface area contributed by atoms with Crippen molar-refractivity contribution in [3.8, 4) is 11.4 Å². The van der Waals surface area contributed by atoms with Crippen LogP contribution in [0.5, 0.6) is 0 Å². The molecule has 2 heterocycles. The summed E-state index contributed by atoms with van der Waals surface area (Å²) in [6.07, 6.45) is 1.78. The SMILES string of the molecule is S=c1[nH]nc(-c2ccccc2)n1/N=C/c1cccs1. The van der Waals surface area contributed by atoms with E-state index in [2.05, 4.69) is 15.3 Å². The number of hydrogen-bond acceptors (Lipinski definition) is 4. The first-order valence-electron chi connectivity index (χ1n) is 5.65. The average molecular weight is 286 g/mol. The molecule has 94 valence electrons. The average Bonchev–Trinajstić information content (AvgIpc) is 3.07. The second-order valence-corrected chi connectivity index (χ2v) is 5.16. The van der Waals surface area contributed by atoms with Gasteiger partial charge in [0.25, 0.3) is 0 Å². The summed E-state index contributed by atoms with van der Waals surface area (Å²) in [6, 6.07) is 13.8. The Labute approximate surface area is 119 Å². The van der Waals surface area contributed by atoms with Crippen LogP contribution in [0.4, 0.5) is 0 Å². The van der Waals surface area contributed by atoms with Crippen molar-refractivity contribution >= 4 is 29.8 Å². The van der Waals surface area contributed by atoms with E-state index in [4.69, 9.17) is 12.2 Å². The third-order valence-corrected chi connectivity index (χ3v) is 3.60. The smallest absolute Gasteiger partial charge is 0.216 e. The molecule has 0 aliphatic heterocycles. The molecule has 0 fully saturated rings. The zero-order valence-electron chi connectivity index (χ0n) is 9.85. The fourth-order valence-electron chi connectivity index (χ4n) is 1.65. The fourth-order valence-corrected chi connectivity index (χ4v) is 2.41. The Hall–Kier alpha value is -2.05. The summed E-state index contributed by atoms with van der Waals surface area (Å²) in [6.45, 7) is 0. The lowest BCUT2D eigenvalue weighted by atomic mass is 10.2. The van der Waals surface area contributed by atoms with Gasteiger partial charge < -0.3 is 0 Å². The van der Waals surface area contributed by atoms with Crippen LogP contribution in [0, 0.1) is 4.77 Å². The van der Waals surface area contributed by atoms with Gasteiger partial charge in [0.05, 0.1) is 6.21 Å². The van der Waals surface area contributed by atoms with E-state index >= 15 is 0 Å². The van der Waals surface area contributed by atoms with Crippen LogP contribution in [-0.4, -0.2) is 21.1 Å². The van der Waals surface area contributed by atoms with Gasteiger partial charge in [-0.05, 0) is 23.7 Å². The minimum absolute atomic E-state index is 0.478. The summed E-state index contributed by atoms with van der Waals surface area (Å²) in [4.78, 5) is 1.07. The zero-order valence-corrected chi connectivity index (χ0v) is 11.5. The van der Waals surface area contributed by atoms with Crippen molar-refractivity contribution in [1.82, 2.24) is 14.9 Å². The van der Waals surface area contributed by atoms with E-state index in [1.165, 1.54) is 0 Å². The van der Waals surface area contributed by atoms with Crippen LogP contribution in [0.2, 0.25) is 0 Å². The number of aromatic amines is 1. The molecule has 3 aromatic rings. The molecule has 2 aromatic heterocycles. The van der Waals surface area contributed by atoms with Crippen LogP contribution >= 0.6 is 23.6 Å². The largest absolute Gasteiger partial charge is 0.250 e. The number of nitrogens with one attached hydrogen (secondary N) is 1. The quantitative estimate of drug-likeness (QED) is 0.591. The van der Waals surface area contributed by atoms with Gasteiger partial charge in [-0.1, -0.05) is 36.4 Å². The van der Waals surface area contributed by atoms with Gasteiger partial charge in [-0.2, -0.15) is 14.9 Å². The predicted molar refractivity (Wildman–Crippen MR) is 80.2 cm³/mol. The monoisotopic (exact) mass is 286 g/mol. The maximum atomic E-state index is 5.20. The molecule has 0 unspecified atom stereocenters. The van der Waals surface area contributed by atoms with Crippen molar-refractivity contribution in [3.63, 3.8) is 0 Å². The lowest BCUT2D eigenvalue weighted by Gasteiger charge is -1.99. The molecule has 19 heavy (non-hydrogen) atoms. The molecule has 0 saturated carbocycles. The maximum absolute atomic E-state index is 5.20. The molecule has 0 atom stereocenters. The van der Waals surface area contributed by atoms with E-state index in [0.29, 0.717) is 10.6 Å². The molecule has 3 rings (SSSR count). The van der Waals surface area contributed by atoms with Crippen molar-refractivity contribution in [3.05, 3.63) is 57.5 Å². The van der Waals surface area contributed by atoms with Crippen LogP contribution in [-0.2, 0) is 0 Å². The summed E-state index contributed by atoms with van der Waals surface area (Å²) in [7, 11) is 0. The van der Waals surface area contributed by atoms with Crippen molar-refractivity contribution in [1.29, 1.82) is 0 Å². The van der Waals surface area contributed by atoms with E-state index in [1.807, 2.05) is 47.8 Å². The summed E-state index contributed by atoms with van der Waals surface area (Å²) >= 11 is 6.83. The number of rotatable bonds is 3. The van der Waals surface area contributed by atoms with Crippen molar-refractivity contribution in [2.45, 2.75) is 0 Å². The van der Waals surface area contributed by atoms with Crippen LogP contribution in [0.25, 0.3) is 11.4 Å². The molecule has 6 heteroatoms. The highest BCUT2D eigenvalue weighted by molar-refractivity contribution is 7.71. The van der Waals surface area contributed by atoms with Gasteiger partial charge >= 0.3 is 0 Å². The van der Waals surface area contributed by atoms with Crippen LogP contribution < -0.4 is 0 Å². The first-order valence-corrected chi connectivity index (χ1v) is 6.94. The van der Waals surface area contributed by atoms with Gasteiger partial charge in [0.15, 0.2) is 5.82 Å². The van der Waals surface area contributed by atoms with Crippen LogP contribution in [0.1, 0.15) is 4.88 Å². The summed E-state index contributed by atoms with van der Waals surface area (Å²) in [5.41, 5.74) is 0.971.